The fourth-order valence-electron chi connectivity index (χ4n) is 4.29. The summed E-state index contributed by atoms with van der Waals surface area (Å²) >= 11 is 0. The maximum Gasteiger partial charge on any atom is 0.282 e. The van der Waals surface area contributed by atoms with Gasteiger partial charge in [-0.1, -0.05) is 18.2 Å². The number of hydrogen-bond donors (Lipinski definition) is 1. The molecule has 2 amide bonds. The highest BCUT2D eigenvalue weighted by atomic mass is 16.5. The van der Waals surface area contributed by atoms with Crippen molar-refractivity contribution in [3.63, 3.8) is 0 Å². The summed E-state index contributed by atoms with van der Waals surface area (Å²) in [5, 5.41) is 9.68. The number of carbonyl (C=O) groups excluding carboxylic acids is 2. The smallest absolute Gasteiger partial charge is 0.282 e. The molecule has 0 radical (unpaired) electrons. The van der Waals surface area contributed by atoms with Crippen LogP contribution in [0.2, 0.25) is 0 Å². The van der Waals surface area contributed by atoms with E-state index in [9.17, 15) is 14.7 Å². The van der Waals surface area contributed by atoms with Crippen molar-refractivity contribution in [2.45, 2.75) is 12.8 Å². The van der Waals surface area contributed by atoms with E-state index in [1.807, 2.05) is 17.0 Å². The Hall–Kier alpha value is -3.32. The van der Waals surface area contributed by atoms with E-state index in [1.54, 1.807) is 50.6 Å². The van der Waals surface area contributed by atoms with E-state index >= 15 is 0 Å². The normalized spacial score (nSPS) is 19.3. The Kier molecular flexibility index (Phi) is 5.95. The quantitative estimate of drug-likeness (QED) is 0.721. The summed E-state index contributed by atoms with van der Waals surface area (Å²) < 4.78 is 10.7. The number of para-hydroxylation sites is 1. The summed E-state index contributed by atoms with van der Waals surface area (Å²) in [4.78, 5) is 30.4. The first kappa shape index (κ1) is 20.9. The largest absolute Gasteiger partial charge is 0.497 e. The Morgan fingerprint density at radius 1 is 1.00 bits per heavy atom. The van der Waals surface area contributed by atoms with Gasteiger partial charge in [0.15, 0.2) is 0 Å². The van der Waals surface area contributed by atoms with Crippen LogP contribution in [0.5, 0.6) is 11.5 Å². The molecular formula is C24H26N2O5. The molecule has 31 heavy (non-hydrogen) atoms. The predicted octanol–water partition coefficient (Wildman–Crippen LogP) is 2.69. The Morgan fingerprint density at radius 2 is 1.74 bits per heavy atom. The Morgan fingerprint density at radius 3 is 2.42 bits per heavy atom. The minimum Gasteiger partial charge on any atom is -0.497 e. The van der Waals surface area contributed by atoms with Gasteiger partial charge in [0, 0.05) is 25.3 Å². The van der Waals surface area contributed by atoms with Gasteiger partial charge in [-0.25, -0.2) is 4.90 Å². The molecule has 7 heteroatoms. The van der Waals surface area contributed by atoms with Crippen LogP contribution in [-0.4, -0.2) is 55.7 Å². The number of aliphatic hydroxyl groups is 1. The van der Waals surface area contributed by atoms with Gasteiger partial charge in [-0.15, -0.1) is 0 Å². The van der Waals surface area contributed by atoms with E-state index in [-0.39, 0.29) is 24.3 Å². The van der Waals surface area contributed by atoms with Gasteiger partial charge in [0.2, 0.25) is 0 Å². The Labute approximate surface area is 181 Å². The molecule has 162 valence electrons. The van der Waals surface area contributed by atoms with Crippen LogP contribution in [0.3, 0.4) is 0 Å². The maximum atomic E-state index is 13.6. The van der Waals surface area contributed by atoms with Crippen LogP contribution in [0.15, 0.2) is 54.2 Å². The number of aliphatic hydroxyl groups excluding tert-OH is 1. The number of rotatable bonds is 6. The molecule has 0 aliphatic carbocycles. The van der Waals surface area contributed by atoms with E-state index in [0.29, 0.717) is 47.1 Å². The first-order valence-electron chi connectivity index (χ1n) is 10.3. The van der Waals surface area contributed by atoms with Crippen molar-refractivity contribution in [2.75, 3.05) is 38.8 Å². The number of carbonyl (C=O) groups is 2. The molecular weight excluding hydrogens is 396 g/mol. The van der Waals surface area contributed by atoms with Crippen molar-refractivity contribution < 1.29 is 24.2 Å². The second-order valence-electron chi connectivity index (χ2n) is 7.70. The molecule has 2 aromatic rings. The van der Waals surface area contributed by atoms with Crippen LogP contribution < -0.4 is 14.4 Å². The molecule has 7 nitrogen and oxygen atoms in total. The fraction of sp³-hybridized carbons (Fsp3) is 0.333. The number of anilines is 1. The lowest BCUT2D eigenvalue weighted by molar-refractivity contribution is -0.120. The van der Waals surface area contributed by atoms with Crippen molar-refractivity contribution in [2.24, 2.45) is 5.92 Å². The molecule has 1 atom stereocenters. The average Bonchev–Trinajstić information content (AvgIpc) is 3.08. The summed E-state index contributed by atoms with van der Waals surface area (Å²) in [5.41, 5.74) is 1.76. The monoisotopic (exact) mass is 422 g/mol. The van der Waals surface area contributed by atoms with Crippen molar-refractivity contribution in [3.8, 4) is 11.5 Å². The van der Waals surface area contributed by atoms with Gasteiger partial charge in [0.1, 0.15) is 17.2 Å². The molecule has 1 N–H and O–H groups in total. The van der Waals surface area contributed by atoms with Crippen LogP contribution in [0, 0.1) is 5.92 Å². The number of benzene rings is 2. The van der Waals surface area contributed by atoms with Gasteiger partial charge < -0.3 is 19.5 Å². The van der Waals surface area contributed by atoms with Crippen LogP contribution >= 0.6 is 0 Å². The minimum atomic E-state index is -0.388. The number of likely N-dealkylation sites (tertiary alicyclic amines) is 1. The highest BCUT2D eigenvalue weighted by Gasteiger charge is 2.44. The lowest BCUT2D eigenvalue weighted by Gasteiger charge is -2.34. The molecule has 0 bridgehead atoms. The molecule has 2 aliphatic heterocycles. The summed E-state index contributed by atoms with van der Waals surface area (Å²) in [6, 6.07) is 14.1. The zero-order valence-corrected chi connectivity index (χ0v) is 17.7. The van der Waals surface area contributed by atoms with E-state index in [1.165, 1.54) is 4.90 Å². The van der Waals surface area contributed by atoms with E-state index in [4.69, 9.17) is 9.47 Å². The summed E-state index contributed by atoms with van der Waals surface area (Å²) in [6.45, 7) is 1.23. The first-order chi connectivity index (χ1) is 15.1. The van der Waals surface area contributed by atoms with Gasteiger partial charge in [-0.05, 0) is 49.1 Å². The molecule has 2 heterocycles. The first-order valence-corrected chi connectivity index (χ1v) is 10.3. The minimum absolute atomic E-state index is 0.0537. The van der Waals surface area contributed by atoms with Crippen molar-refractivity contribution in [1.29, 1.82) is 0 Å². The lowest BCUT2D eigenvalue weighted by atomic mass is 9.96. The van der Waals surface area contributed by atoms with E-state index < -0.39 is 0 Å². The third-order valence-electron chi connectivity index (χ3n) is 5.86. The SMILES string of the molecule is COc1ccc(N2C(=O)C(c3ccccc3OC)=C(N3CCCC(CO)C3)C2=O)cc1. The third-order valence-corrected chi connectivity index (χ3v) is 5.86. The number of methoxy groups -OCH3 is 2. The maximum absolute atomic E-state index is 13.6. The van der Waals surface area contributed by atoms with Gasteiger partial charge in [0.05, 0.1) is 25.5 Å². The summed E-state index contributed by atoms with van der Waals surface area (Å²) in [6.07, 6.45) is 1.74. The Bertz CT molecular complexity index is 1010. The van der Waals surface area contributed by atoms with Gasteiger partial charge in [-0.2, -0.15) is 0 Å². The highest BCUT2D eigenvalue weighted by Crippen LogP contribution is 2.39. The summed E-state index contributed by atoms with van der Waals surface area (Å²) in [5.74, 6) is 0.486. The molecule has 2 aliphatic rings. The zero-order chi connectivity index (χ0) is 22.0. The third kappa shape index (κ3) is 3.77. The number of imide groups is 1. The topological polar surface area (TPSA) is 79.3 Å². The molecule has 1 saturated heterocycles. The highest BCUT2D eigenvalue weighted by molar-refractivity contribution is 6.45. The van der Waals surface area contributed by atoms with Crippen LogP contribution in [-0.2, 0) is 9.59 Å². The number of ether oxygens (including phenoxy) is 2. The summed E-state index contributed by atoms with van der Waals surface area (Å²) in [7, 11) is 3.11. The molecule has 0 saturated carbocycles. The average molecular weight is 422 g/mol. The van der Waals surface area contributed by atoms with Crippen molar-refractivity contribution in [3.05, 3.63) is 59.8 Å². The molecule has 0 spiro atoms. The second kappa shape index (κ2) is 8.81. The predicted molar refractivity (Wildman–Crippen MR) is 117 cm³/mol. The van der Waals surface area contributed by atoms with Gasteiger partial charge >= 0.3 is 0 Å². The molecule has 1 fully saturated rings. The van der Waals surface area contributed by atoms with Crippen LogP contribution in [0.1, 0.15) is 18.4 Å². The van der Waals surface area contributed by atoms with E-state index in [0.717, 1.165) is 12.8 Å². The number of piperidine rings is 1. The van der Waals surface area contributed by atoms with Crippen LogP contribution in [0.25, 0.3) is 5.57 Å². The lowest BCUT2D eigenvalue weighted by Crippen LogP contribution is -2.40. The van der Waals surface area contributed by atoms with Crippen LogP contribution in [0.4, 0.5) is 5.69 Å². The van der Waals surface area contributed by atoms with E-state index in [2.05, 4.69) is 0 Å². The van der Waals surface area contributed by atoms with Crippen molar-refractivity contribution in [1.82, 2.24) is 4.90 Å². The Balaban J connectivity index is 1.82. The molecule has 1 unspecified atom stereocenters. The van der Waals surface area contributed by atoms with Crippen molar-refractivity contribution >= 4 is 23.1 Å². The van der Waals surface area contributed by atoms with Gasteiger partial charge in [-0.3, -0.25) is 9.59 Å². The second-order valence-corrected chi connectivity index (χ2v) is 7.70. The zero-order valence-electron chi connectivity index (χ0n) is 17.7. The van der Waals surface area contributed by atoms with Gasteiger partial charge in [0.25, 0.3) is 11.8 Å². The number of amides is 2. The standard InChI is InChI=1S/C24H26N2O5/c1-30-18-11-9-17(10-12-18)26-23(28)21(19-7-3-4-8-20(19)31-2)22(24(26)29)25-13-5-6-16(14-25)15-27/h3-4,7-12,16,27H,5-6,13-15H2,1-2H3. The molecule has 4 rings (SSSR count). The molecule has 0 aromatic heterocycles. The number of nitrogens with zero attached hydrogens (tertiary/aromatic N) is 2. The number of hydrogen-bond acceptors (Lipinski definition) is 6. The fourth-order valence-corrected chi connectivity index (χ4v) is 4.29. The molecule has 2 aromatic carbocycles.